The van der Waals surface area contributed by atoms with Crippen molar-refractivity contribution in [1.29, 1.82) is 0 Å². The summed E-state index contributed by atoms with van der Waals surface area (Å²) in [6.45, 7) is 0. The molecular weight excluding hydrogens is 314 g/mol. The van der Waals surface area contributed by atoms with Gasteiger partial charge in [0.1, 0.15) is 11.9 Å². The molecule has 1 amide bonds. The monoisotopic (exact) mass is 331 g/mol. The Morgan fingerprint density at radius 3 is 2.57 bits per heavy atom. The van der Waals surface area contributed by atoms with Crippen LogP contribution in [0.2, 0.25) is 0 Å². The molecule has 3 rings (SSSR count). The molecule has 0 aromatic heterocycles. The summed E-state index contributed by atoms with van der Waals surface area (Å²) in [4.78, 5) is 11.5. The van der Waals surface area contributed by atoms with Gasteiger partial charge in [-0.25, -0.2) is 8.42 Å². The number of amides is 1. The summed E-state index contributed by atoms with van der Waals surface area (Å²) >= 11 is 0. The summed E-state index contributed by atoms with van der Waals surface area (Å²) in [5.41, 5.74) is 6.15. The standard InChI is InChI=1S/C17H17NO4S/c18-17(19)10-13-8-6-12-7-9-15(11-16(12)22-13)23(20,21)14-4-2-1-3-5-14/h1-5,7,9,11,13H,6,8,10H2,(H2,18,19). The first-order valence-electron chi connectivity index (χ1n) is 7.35. The molecule has 0 aliphatic carbocycles. The second kappa shape index (κ2) is 6.04. The Morgan fingerprint density at radius 1 is 1.13 bits per heavy atom. The number of sulfone groups is 1. The predicted octanol–water partition coefficient (Wildman–Crippen LogP) is 2.09. The van der Waals surface area contributed by atoms with Gasteiger partial charge in [0.25, 0.3) is 0 Å². The van der Waals surface area contributed by atoms with E-state index in [9.17, 15) is 13.2 Å². The van der Waals surface area contributed by atoms with Crippen LogP contribution in [0.25, 0.3) is 0 Å². The number of fused-ring (bicyclic) bond motifs is 1. The van der Waals surface area contributed by atoms with E-state index in [4.69, 9.17) is 10.5 Å². The van der Waals surface area contributed by atoms with Crippen LogP contribution < -0.4 is 10.5 Å². The third-order valence-corrected chi connectivity index (χ3v) is 5.63. The normalized spacial score (nSPS) is 17.1. The van der Waals surface area contributed by atoms with Gasteiger partial charge in [-0.05, 0) is 42.7 Å². The third kappa shape index (κ3) is 3.22. The SMILES string of the molecule is NC(=O)CC1CCc2ccc(S(=O)(=O)c3ccccc3)cc2O1. The number of nitrogens with two attached hydrogens (primary N) is 1. The van der Waals surface area contributed by atoms with Crippen LogP contribution in [-0.4, -0.2) is 20.4 Å². The molecule has 0 saturated heterocycles. The Morgan fingerprint density at radius 2 is 1.87 bits per heavy atom. The van der Waals surface area contributed by atoms with Gasteiger partial charge >= 0.3 is 0 Å². The van der Waals surface area contributed by atoms with Crippen LogP contribution >= 0.6 is 0 Å². The molecule has 0 radical (unpaired) electrons. The lowest BCUT2D eigenvalue weighted by Gasteiger charge is -2.25. The molecule has 0 saturated carbocycles. The number of carbonyl (C=O) groups excluding carboxylic acids is 1. The number of hydrogen-bond donors (Lipinski definition) is 1. The molecule has 2 aromatic rings. The fourth-order valence-electron chi connectivity index (χ4n) is 2.68. The Balaban J connectivity index is 1.94. The van der Waals surface area contributed by atoms with Crippen LogP contribution in [0.5, 0.6) is 5.75 Å². The maximum Gasteiger partial charge on any atom is 0.221 e. The van der Waals surface area contributed by atoms with E-state index in [1.165, 1.54) is 6.07 Å². The smallest absolute Gasteiger partial charge is 0.221 e. The second-order valence-electron chi connectivity index (χ2n) is 5.53. The highest BCUT2D eigenvalue weighted by Gasteiger charge is 2.24. The first kappa shape index (κ1) is 15.6. The van der Waals surface area contributed by atoms with Crippen LogP contribution in [-0.2, 0) is 21.1 Å². The van der Waals surface area contributed by atoms with Crippen molar-refractivity contribution in [3.63, 3.8) is 0 Å². The summed E-state index contributed by atoms with van der Waals surface area (Å²) in [5, 5.41) is 0. The zero-order chi connectivity index (χ0) is 16.4. The topological polar surface area (TPSA) is 86.5 Å². The number of benzene rings is 2. The van der Waals surface area contributed by atoms with Gasteiger partial charge in [0, 0.05) is 0 Å². The summed E-state index contributed by atoms with van der Waals surface area (Å²) in [5.74, 6) is 0.0889. The lowest BCUT2D eigenvalue weighted by molar-refractivity contribution is -0.119. The minimum absolute atomic E-state index is 0.134. The maximum absolute atomic E-state index is 12.6. The van der Waals surface area contributed by atoms with Crippen LogP contribution in [0.15, 0.2) is 58.3 Å². The van der Waals surface area contributed by atoms with E-state index in [0.717, 1.165) is 12.0 Å². The minimum atomic E-state index is -3.58. The first-order valence-corrected chi connectivity index (χ1v) is 8.83. The van der Waals surface area contributed by atoms with E-state index in [1.807, 2.05) is 0 Å². The lowest BCUT2D eigenvalue weighted by atomic mass is 10.0. The Kier molecular flexibility index (Phi) is 4.09. The van der Waals surface area contributed by atoms with E-state index in [0.29, 0.717) is 12.2 Å². The Labute approximate surface area is 135 Å². The van der Waals surface area contributed by atoms with E-state index in [-0.39, 0.29) is 22.3 Å². The van der Waals surface area contributed by atoms with Gasteiger partial charge in [-0.3, -0.25) is 4.79 Å². The molecular formula is C17H17NO4S. The molecule has 120 valence electrons. The maximum atomic E-state index is 12.6. The van der Waals surface area contributed by atoms with Crippen molar-refractivity contribution >= 4 is 15.7 Å². The molecule has 6 heteroatoms. The van der Waals surface area contributed by atoms with Gasteiger partial charge in [0.15, 0.2) is 0 Å². The number of hydrogen-bond acceptors (Lipinski definition) is 4. The number of ether oxygens (including phenoxy) is 1. The van der Waals surface area contributed by atoms with Crippen LogP contribution in [0.3, 0.4) is 0 Å². The highest BCUT2D eigenvalue weighted by atomic mass is 32.2. The zero-order valence-electron chi connectivity index (χ0n) is 12.4. The van der Waals surface area contributed by atoms with Gasteiger partial charge in [-0.15, -0.1) is 0 Å². The molecule has 0 fully saturated rings. The van der Waals surface area contributed by atoms with Gasteiger partial charge in [-0.1, -0.05) is 24.3 Å². The molecule has 2 N–H and O–H groups in total. The molecule has 1 unspecified atom stereocenters. The average Bonchev–Trinajstić information content (AvgIpc) is 2.54. The number of aryl methyl sites for hydroxylation is 1. The fourth-order valence-corrected chi connectivity index (χ4v) is 3.97. The van der Waals surface area contributed by atoms with E-state index in [1.54, 1.807) is 42.5 Å². The summed E-state index contributed by atoms with van der Waals surface area (Å²) in [6, 6.07) is 13.2. The minimum Gasteiger partial charge on any atom is -0.490 e. The molecule has 23 heavy (non-hydrogen) atoms. The Hall–Kier alpha value is -2.34. The molecule has 0 spiro atoms. The third-order valence-electron chi connectivity index (χ3n) is 3.86. The number of carbonyl (C=O) groups is 1. The predicted molar refractivity (Wildman–Crippen MR) is 84.9 cm³/mol. The van der Waals surface area contributed by atoms with Crippen molar-refractivity contribution in [3.05, 3.63) is 54.1 Å². The van der Waals surface area contributed by atoms with Crippen molar-refractivity contribution in [3.8, 4) is 5.75 Å². The first-order chi connectivity index (χ1) is 11.0. The van der Waals surface area contributed by atoms with E-state index in [2.05, 4.69) is 0 Å². The molecule has 1 atom stereocenters. The van der Waals surface area contributed by atoms with Crippen molar-refractivity contribution in [2.24, 2.45) is 5.73 Å². The molecule has 1 heterocycles. The van der Waals surface area contributed by atoms with Crippen LogP contribution in [0.4, 0.5) is 0 Å². The molecule has 0 bridgehead atoms. The van der Waals surface area contributed by atoms with Crippen molar-refractivity contribution < 1.29 is 17.9 Å². The van der Waals surface area contributed by atoms with Gasteiger partial charge < -0.3 is 10.5 Å². The lowest BCUT2D eigenvalue weighted by Crippen LogP contribution is -2.28. The van der Waals surface area contributed by atoms with Gasteiger partial charge in [0.05, 0.1) is 16.2 Å². The van der Waals surface area contributed by atoms with Gasteiger partial charge in [-0.2, -0.15) is 0 Å². The van der Waals surface area contributed by atoms with Crippen molar-refractivity contribution in [2.45, 2.75) is 35.2 Å². The Bertz CT molecular complexity index is 831. The summed E-state index contributed by atoms with van der Waals surface area (Å²) in [6.07, 6.45) is 1.27. The van der Waals surface area contributed by atoms with Gasteiger partial charge in [0.2, 0.25) is 15.7 Å². The highest BCUT2D eigenvalue weighted by Crippen LogP contribution is 2.32. The zero-order valence-corrected chi connectivity index (χ0v) is 13.3. The summed E-state index contributed by atoms with van der Waals surface area (Å²) in [7, 11) is -3.58. The average molecular weight is 331 g/mol. The van der Waals surface area contributed by atoms with E-state index < -0.39 is 15.7 Å². The van der Waals surface area contributed by atoms with Crippen molar-refractivity contribution in [2.75, 3.05) is 0 Å². The largest absolute Gasteiger partial charge is 0.490 e. The van der Waals surface area contributed by atoms with Crippen LogP contribution in [0.1, 0.15) is 18.4 Å². The molecule has 5 nitrogen and oxygen atoms in total. The van der Waals surface area contributed by atoms with E-state index >= 15 is 0 Å². The van der Waals surface area contributed by atoms with Crippen molar-refractivity contribution in [1.82, 2.24) is 0 Å². The number of primary amides is 1. The highest BCUT2D eigenvalue weighted by molar-refractivity contribution is 7.91. The fraction of sp³-hybridized carbons (Fsp3) is 0.235. The molecule has 1 aliphatic rings. The van der Waals surface area contributed by atoms with Crippen LogP contribution in [0, 0.1) is 0 Å². The quantitative estimate of drug-likeness (QED) is 0.929. The summed E-state index contributed by atoms with van der Waals surface area (Å²) < 4.78 is 31.0. The second-order valence-corrected chi connectivity index (χ2v) is 7.48. The molecule has 2 aromatic carbocycles. The molecule has 1 aliphatic heterocycles. The number of rotatable bonds is 4.